The second-order valence-electron chi connectivity index (χ2n) is 8.28. The lowest BCUT2D eigenvalue weighted by Crippen LogP contribution is -2.39. The molecule has 1 aliphatic rings. The van der Waals surface area contributed by atoms with Crippen LogP contribution in [-0.2, 0) is 11.3 Å². The van der Waals surface area contributed by atoms with Crippen LogP contribution in [0.15, 0.2) is 91.0 Å². The summed E-state index contributed by atoms with van der Waals surface area (Å²) in [6, 6.07) is 28.9. The summed E-state index contributed by atoms with van der Waals surface area (Å²) < 4.78 is 0. The molecule has 3 aromatic carbocycles. The molecule has 3 aromatic rings. The van der Waals surface area contributed by atoms with Crippen molar-refractivity contribution in [3.05, 3.63) is 108 Å². The van der Waals surface area contributed by atoms with E-state index in [0.717, 1.165) is 31.6 Å². The predicted molar refractivity (Wildman–Crippen MR) is 126 cm³/mol. The van der Waals surface area contributed by atoms with Gasteiger partial charge in [-0.25, -0.2) is 0 Å². The van der Waals surface area contributed by atoms with Crippen LogP contribution in [0.5, 0.6) is 0 Å². The average molecular weight is 428 g/mol. The summed E-state index contributed by atoms with van der Waals surface area (Å²) in [5, 5.41) is 6.21. The zero-order chi connectivity index (χ0) is 22.2. The molecule has 2 unspecified atom stereocenters. The van der Waals surface area contributed by atoms with Gasteiger partial charge in [0, 0.05) is 31.2 Å². The van der Waals surface area contributed by atoms with Crippen LogP contribution in [0.25, 0.3) is 0 Å². The first-order chi connectivity index (χ1) is 15.7. The van der Waals surface area contributed by atoms with E-state index in [9.17, 15) is 9.59 Å². The molecule has 2 amide bonds. The molecule has 1 heterocycles. The number of benzene rings is 3. The highest BCUT2D eigenvalue weighted by Crippen LogP contribution is 2.19. The fourth-order valence-electron chi connectivity index (χ4n) is 4.18. The third-order valence-corrected chi connectivity index (χ3v) is 5.82. The van der Waals surface area contributed by atoms with Crippen molar-refractivity contribution in [2.24, 2.45) is 0 Å². The fourth-order valence-corrected chi connectivity index (χ4v) is 4.18. The minimum Gasteiger partial charge on any atom is -0.352 e. The molecule has 0 spiro atoms. The molecular weight excluding hydrogens is 398 g/mol. The van der Waals surface area contributed by atoms with E-state index in [-0.39, 0.29) is 30.3 Å². The second-order valence-corrected chi connectivity index (χ2v) is 8.28. The van der Waals surface area contributed by atoms with Crippen LogP contribution in [0, 0.1) is 0 Å². The first-order valence-corrected chi connectivity index (χ1v) is 11.1. The van der Waals surface area contributed by atoms with Gasteiger partial charge in [-0.15, -0.1) is 0 Å². The van der Waals surface area contributed by atoms with Gasteiger partial charge < -0.3 is 10.6 Å². The number of rotatable bonds is 8. The van der Waals surface area contributed by atoms with Crippen LogP contribution in [0.2, 0.25) is 0 Å². The van der Waals surface area contributed by atoms with Crippen LogP contribution in [0.1, 0.15) is 40.4 Å². The summed E-state index contributed by atoms with van der Waals surface area (Å²) in [5.74, 6) is -0.221. The van der Waals surface area contributed by atoms with Crippen molar-refractivity contribution < 1.29 is 9.59 Å². The van der Waals surface area contributed by atoms with Crippen molar-refractivity contribution in [1.82, 2.24) is 15.5 Å². The first-order valence-electron chi connectivity index (χ1n) is 11.1. The van der Waals surface area contributed by atoms with Crippen molar-refractivity contribution in [2.45, 2.75) is 31.5 Å². The summed E-state index contributed by atoms with van der Waals surface area (Å²) in [5.41, 5.74) is 2.79. The van der Waals surface area contributed by atoms with Gasteiger partial charge in [0.1, 0.15) is 0 Å². The van der Waals surface area contributed by atoms with Crippen LogP contribution in [0.4, 0.5) is 0 Å². The lowest BCUT2D eigenvalue weighted by Gasteiger charge is -2.21. The van der Waals surface area contributed by atoms with Crippen molar-refractivity contribution in [2.75, 3.05) is 13.1 Å². The van der Waals surface area contributed by atoms with Gasteiger partial charge in [-0.05, 0) is 29.7 Å². The molecule has 1 saturated heterocycles. The van der Waals surface area contributed by atoms with Crippen molar-refractivity contribution in [3.63, 3.8) is 0 Å². The van der Waals surface area contributed by atoms with Crippen LogP contribution in [0.3, 0.4) is 0 Å². The maximum Gasteiger partial charge on any atom is 0.251 e. The maximum atomic E-state index is 12.9. The average Bonchev–Trinajstić information content (AvgIpc) is 3.26. The van der Waals surface area contributed by atoms with Gasteiger partial charge in [0.2, 0.25) is 5.91 Å². The molecule has 0 aliphatic carbocycles. The number of nitrogens with one attached hydrogen (secondary N) is 2. The highest BCUT2D eigenvalue weighted by atomic mass is 16.2. The molecule has 0 bridgehead atoms. The van der Waals surface area contributed by atoms with Crippen LogP contribution in [-0.4, -0.2) is 35.8 Å². The molecule has 0 aromatic heterocycles. The Morgan fingerprint density at radius 2 is 1.50 bits per heavy atom. The molecule has 1 aliphatic heterocycles. The van der Waals surface area contributed by atoms with Gasteiger partial charge in [-0.2, -0.15) is 0 Å². The molecule has 4 rings (SSSR count). The number of likely N-dealkylation sites (tertiary alicyclic amines) is 1. The Labute approximate surface area is 189 Å². The Morgan fingerprint density at radius 3 is 2.19 bits per heavy atom. The van der Waals surface area contributed by atoms with Gasteiger partial charge in [0.15, 0.2) is 0 Å². The Hall–Kier alpha value is -3.44. The van der Waals surface area contributed by atoms with Gasteiger partial charge in [0.05, 0.1) is 12.5 Å². The number of carbonyl (C=O) groups is 2. The largest absolute Gasteiger partial charge is 0.352 e. The molecular formula is C27H29N3O2. The van der Waals surface area contributed by atoms with E-state index < -0.39 is 0 Å². The van der Waals surface area contributed by atoms with Gasteiger partial charge >= 0.3 is 0 Å². The summed E-state index contributed by atoms with van der Waals surface area (Å²) >= 11 is 0. The van der Waals surface area contributed by atoms with Gasteiger partial charge in [-0.1, -0.05) is 78.9 Å². The van der Waals surface area contributed by atoms with Crippen molar-refractivity contribution in [1.29, 1.82) is 0 Å². The number of nitrogens with zero attached hydrogens (tertiary/aromatic N) is 1. The normalized spacial score (nSPS) is 16.9. The Bertz CT molecular complexity index is 1010. The summed E-state index contributed by atoms with van der Waals surface area (Å²) in [6.07, 6.45) is 1.14. The Kier molecular flexibility index (Phi) is 7.31. The lowest BCUT2D eigenvalue weighted by molar-refractivity contribution is -0.122. The predicted octanol–water partition coefficient (Wildman–Crippen LogP) is 3.94. The Morgan fingerprint density at radius 1 is 0.875 bits per heavy atom. The summed E-state index contributed by atoms with van der Waals surface area (Å²) in [7, 11) is 0. The smallest absolute Gasteiger partial charge is 0.251 e. The monoisotopic (exact) mass is 427 g/mol. The third kappa shape index (κ3) is 6.05. The molecule has 5 heteroatoms. The summed E-state index contributed by atoms with van der Waals surface area (Å²) in [6.45, 7) is 2.70. The fraction of sp³-hybridized carbons (Fsp3) is 0.259. The maximum absolute atomic E-state index is 12.9. The van der Waals surface area contributed by atoms with Gasteiger partial charge in [0.25, 0.3) is 5.91 Å². The molecule has 0 saturated carbocycles. The zero-order valence-corrected chi connectivity index (χ0v) is 18.1. The Balaban J connectivity index is 1.35. The molecule has 5 nitrogen and oxygen atoms in total. The van der Waals surface area contributed by atoms with Crippen molar-refractivity contribution in [3.8, 4) is 0 Å². The molecule has 0 radical (unpaired) electrons. The van der Waals surface area contributed by atoms with Crippen LogP contribution < -0.4 is 10.6 Å². The quantitative estimate of drug-likeness (QED) is 0.573. The molecule has 32 heavy (non-hydrogen) atoms. The van der Waals surface area contributed by atoms with E-state index in [1.165, 1.54) is 5.56 Å². The zero-order valence-electron chi connectivity index (χ0n) is 18.1. The summed E-state index contributed by atoms with van der Waals surface area (Å²) in [4.78, 5) is 28.0. The van der Waals surface area contributed by atoms with Crippen LogP contribution >= 0.6 is 0 Å². The highest BCUT2D eigenvalue weighted by molar-refractivity contribution is 5.94. The molecule has 2 atom stereocenters. The standard InChI is InChI=1S/C27H29N3O2/c31-26(28-24-16-17-30(20-24)19-21-10-4-1-5-11-21)18-25(22-12-6-2-7-13-22)29-27(32)23-14-8-3-9-15-23/h1-15,24-25H,16-20H2,(H,28,31)(H,29,32). The van der Waals surface area contributed by atoms with E-state index in [1.807, 2.05) is 54.6 Å². The lowest BCUT2D eigenvalue weighted by atomic mass is 10.0. The third-order valence-electron chi connectivity index (χ3n) is 5.82. The van der Waals surface area contributed by atoms with E-state index >= 15 is 0 Å². The molecule has 164 valence electrons. The topological polar surface area (TPSA) is 61.4 Å². The van der Waals surface area contributed by atoms with E-state index in [1.54, 1.807) is 12.1 Å². The second kappa shape index (κ2) is 10.7. The van der Waals surface area contributed by atoms with Gasteiger partial charge in [-0.3, -0.25) is 14.5 Å². The number of amides is 2. The number of carbonyl (C=O) groups excluding carboxylic acids is 2. The number of hydrogen-bond acceptors (Lipinski definition) is 3. The minimum atomic E-state index is -0.384. The van der Waals surface area contributed by atoms with E-state index in [4.69, 9.17) is 0 Å². The molecule has 1 fully saturated rings. The molecule has 2 N–H and O–H groups in total. The van der Waals surface area contributed by atoms with E-state index in [2.05, 4.69) is 39.8 Å². The minimum absolute atomic E-state index is 0.0428. The van der Waals surface area contributed by atoms with Crippen molar-refractivity contribution >= 4 is 11.8 Å². The van der Waals surface area contributed by atoms with E-state index in [0.29, 0.717) is 5.56 Å². The first kappa shape index (κ1) is 21.8. The SMILES string of the molecule is O=C(CC(NC(=O)c1ccccc1)c1ccccc1)NC1CCN(Cc2ccccc2)C1. The number of hydrogen-bond donors (Lipinski definition) is 2. The highest BCUT2D eigenvalue weighted by Gasteiger charge is 2.26.